The minimum atomic E-state index is -0.267. The number of halogens is 2. The summed E-state index contributed by atoms with van der Waals surface area (Å²) in [7, 11) is 0. The third kappa shape index (κ3) is 5.51. The molecule has 3 aromatic carbocycles. The number of piperazine rings is 1. The van der Waals surface area contributed by atoms with Crippen molar-refractivity contribution in [1.82, 2.24) is 4.90 Å². The summed E-state index contributed by atoms with van der Waals surface area (Å²) in [6, 6.07) is 22.1. The second kappa shape index (κ2) is 10.9. The highest BCUT2D eigenvalue weighted by Crippen LogP contribution is 2.39. The number of nitriles is 1. The van der Waals surface area contributed by atoms with Crippen molar-refractivity contribution in [1.29, 1.82) is 5.26 Å². The van der Waals surface area contributed by atoms with E-state index in [1.54, 1.807) is 6.07 Å². The second-order valence-corrected chi connectivity index (χ2v) is 8.92. The van der Waals surface area contributed by atoms with E-state index in [2.05, 4.69) is 22.8 Å². The summed E-state index contributed by atoms with van der Waals surface area (Å²) >= 11 is 6.70. The summed E-state index contributed by atoms with van der Waals surface area (Å²) in [5, 5.41) is 18.6. The van der Waals surface area contributed by atoms with E-state index < -0.39 is 0 Å². The van der Waals surface area contributed by atoms with Crippen LogP contribution in [-0.2, 0) is 6.54 Å². The topological polar surface area (TPSA) is 59.7 Å². The highest BCUT2D eigenvalue weighted by Gasteiger charge is 2.34. The fourth-order valence-electron chi connectivity index (χ4n) is 4.55. The molecule has 1 aliphatic heterocycles. The molecule has 1 saturated heterocycles. The third-order valence-electron chi connectivity index (χ3n) is 6.07. The first-order valence-corrected chi connectivity index (χ1v) is 11.6. The number of benzene rings is 3. The van der Waals surface area contributed by atoms with E-state index in [1.807, 2.05) is 48.5 Å². The summed E-state index contributed by atoms with van der Waals surface area (Å²) in [6.45, 7) is 4.60. The fraction of sp³-hybridized carbons (Fsp3) is 0.296. The summed E-state index contributed by atoms with van der Waals surface area (Å²) in [5.74, 6) is 0.338. The summed E-state index contributed by atoms with van der Waals surface area (Å²) in [6.07, 6.45) is 0. The van der Waals surface area contributed by atoms with E-state index in [9.17, 15) is 4.39 Å². The van der Waals surface area contributed by atoms with Gasteiger partial charge in [-0.2, -0.15) is 5.26 Å². The zero-order valence-corrected chi connectivity index (χ0v) is 19.8. The van der Waals surface area contributed by atoms with E-state index in [1.165, 1.54) is 12.1 Å². The third-order valence-corrected chi connectivity index (χ3v) is 6.37. The molecule has 0 aromatic heterocycles. The molecule has 5 nitrogen and oxygen atoms in total. The summed E-state index contributed by atoms with van der Waals surface area (Å²) in [5.41, 5.74) is 3.68. The zero-order chi connectivity index (χ0) is 24.1. The van der Waals surface area contributed by atoms with Crippen molar-refractivity contribution in [2.75, 3.05) is 31.2 Å². The summed E-state index contributed by atoms with van der Waals surface area (Å²) < 4.78 is 19.2. The molecule has 3 aromatic rings. The van der Waals surface area contributed by atoms with Gasteiger partial charge >= 0.3 is 0 Å². The highest BCUT2D eigenvalue weighted by molar-refractivity contribution is 6.33. The van der Waals surface area contributed by atoms with Crippen LogP contribution in [-0.4, -0.2) is 42.4 Å². The number of hydrogen-bond acceptors (Lipinski definition) is 5. The van der Waals surface area contributed by atoms with Crippen LogP contribution in [0.3, 0.4) is 0 Å². The molecule has 0 aliphatic carbocycles. The van der Waals surface area contributed by atoms with E-state index in [4.69, 9.17) is 26.7 Å². The Hall–Kier alpha value is -3.11. The minimum Gasteiger partial charge on any atom is -0.491 e. The first-order chi connectivity index (χ1) is 16.5. The number of anilines is 1. The van der Waals surface area contributed by atoms with Gasteiger partial charge in [0.25, 0.3) is 0 Å². The monoisotopic (exact) mass is 479 g/mol. The molecule has 0 amide bonds. The van der Waals surface area contributed by atoms with Crippen LogP contribution in [0.5, 0.6) is 5.75 Å². The van der Waals surface area contributed by atoms with Crippen molar-refractivity contribution in [2.24, 2.45) is 0 Å². The van der Waals surface area contributed by atoms with Gasteiger partial charge < -0.3 is 14.7 Å². The van der Waals surface area contributed by atoms with Crippen LogP contribution in [0.4, 0.5) is 10.1 Å². The Labute approximate surface area is 204 Å². The molecule has 0 bridgehead atoms. The number of aliphatic hydroxyl groups is 1. The molecule has 1 heterocycles. The van der Waals surface area contributed by atoms with Gasteiger partial charge in [-0.15, -0.1) is 0 Å². The van der Waals surface area contributed by atoms with Gasteiger partial charge in [-0.1, -0.05) is 35.9 Å². The Morgan fingerprint density at radius 3 is 2.47 bits per heavy atom. The SMILES string of the molecule is C[C@@H]1CN(Cc2ccc(C#N)cc2)C[C@@H](c2ccc(F)cc2)N1c1ccc(OCCO)cc1Cl. The van der Waals surface area contributed by atoms with Crippen molar-refractivity contribution in [3.63, 3.8) is 0 Å². The van der Waals surface area contributed by atoms with Crippen LogP contribution >= 0.6 is 11.6 Å². The lowest BCUT2D eigenvalue weighted by Gasteiger charge is -2.47. The van der Waals surface area contributed by atoms with E-state index >= 15 is 0 Å². The molecule has 176 valence electrons. The lowest BCUT2D eigenvalue weighted by atomic mass is 9.97. The normalized spacial score (nSPS) is 18.5. The zero-order valence-electron chi connectivity index (χ0n) is 19.0. The molecule has 7 heteroatoms. The first-order valence-electron chi connectivity index (χ1n) is 11.3. The first kappa shape index (κ1) is 24.0. The molecule has 1 aliphatic rings. The van der Waals surface area contributed by atoms with Gasteiger partial charge in [0.2, 0.25) is 0 Å². The van der Waals surface area contributed by atoms with Gasteiger partial charge in [0.15, 0.2) is 0 Å². The molecule has 0 spiro atoms. The van der Waals surface area contributed by atoms with Crippen LogP contribution in [0.25, 0.3) is 0 Å². The van der Waals surface area contributed by atoms with Gasteiger partial charge in [-0.3, -0.25) is 4.90 Å². The molecule has 0 saturated carbocycles. The van der Waals surface area contributed by atoms with Gasteiger partial charge in [-0.05, 0) is 54.4 Å². The number of nitrogens with zero attached hydrogens (tertiary/aromatic N) is 3. The molecule has 4 rings (SSSR count). The minimum absolute atomic E-state index is 0.0376. The van der Waals surface area contributed by atoms with Gasteiger partial charge in [0.1, 0.15) is 18.2 Å². The maximum absolute atomic E-state index is 13.7. The largest absolute Gasteiger partial charge is 0.491 e. The average molecular weight is 480 g/mol. The Morgan fingerprint density at radius 2 is 1.82 bits per heavy atom. The maximum atomic E-state index is 13.7. The van der Waals surface area contributed by atoms with Crippen LogP contribution in [0.15, 0.2) is 66.7 Å². The van der Waals surface area contributed by atoms with E-state index in [-0.39, 0.29) is 31.1 Å². The molecule has 2 atom stereocenters. The Balaban J connectivity index is 1.63. The molecular formula is C27H27ClFN3O2. The number of hydrogen-bond donors (Lipinski definition) is 1. The predicted octanol–water partition coefficient (Wildman–Crippen LogP) is 5.17. The van der Waals surface area contributed by atoms with Crippen LogP contribution in [0.1, 0.15) is 29.7 Å². The van der Waals surface area contributed by atoms with Gasteiger partial charge in [-0.25, -0.2) is 4.39 Å². The highest BCUT2D eigenvalue weighted by atomic mass is 35.5. The van der Waals surface area contributed by atoms with Crippen LogP contribution in [0.2, 0.25) is 5.02 Å². The molecule has 34 heavy (non-hydrogen) atoms. The Bertz CT molecular complexity index is 1150. The predicted molar refractivity (Wildman–Crippen MR) is 132 cm³/mol. The van der Waals surface area contributed by atoms with E-state index in [0.717, 1.165) is 36.4 Å². The van der Waals surface area contributed by atoms with Crippen molar-refractivity contribution in [3.05, 3.63) is 94.3 Å². The lowest BCUT2D eigenvalue weighted by molar-refractivity contribution is 0.187. The average Bonchev–Trinajstić information content (AvgIpc) is 2.84. The smallest absolute Gasteiger partial charge is 0.123 e. The second-order valence-electron chi connectivity index (χ2n) is 8.51. The van der Waals surface area contributed by atoms with E-state index in [0.29, 0.717) is 16.3 Å². The quantitative estimate of drug-likeness (QED) is 0.506. The molecular weight excluding hydrogens is 453 g/mol. The Morgan fingerprint density at radius 1 is 1.09 bits per heavy atom. The maximum Gasteiger partial charge on any atom is 0.123 e. The Kier molecular flexibility index (Phi) is 7.69. The van der Waals surface area contributed by atoms with Crippen molar-refractivity contribution in [2.45, 2.75) is 25.6 Å². The molecule has 0 unspecified atom stereocenters. The van der Waals surface area contributed by atoms with Crippen molar-refractivity contribution >= 4 is 17.3 Å². The molecule has 1 fully saturated rings. The van der Waals surface area contributed by atoms with Crippen LogP contribution in [0, 0.1) is 17.1 Å². The van der Waals surface area contributed by atoms with Gasteiger partial charge in [0.05, 0.1) is 35.0 Å². The molecule has 0 radical (unpaired) electrons. The molecule has 1 N–H and O–H groups in total. The number of ether oxygens (including phenoxy) is 1. The fourth-order valence-corrected chi connectivity index (χ4v) is 4.82. The van der Waals surface area contributed by atoms with Crippen LogP contribution < -0.4 is 9.64 Å². The lowest BCUT2D eigenvalue weighted by Crippen LogP contribution is -2.53. The number of aliphatic hydroxyl groups excluding tert-OH is 1. The summed E-state index contributed by atoms with van der Waals surface area (Å²) in [4.78, 5) is 4.67. The van der Waals surface area contributed by atoms with Crippen molar-refractivity contribution < 1.29 is 14.2 Å². The standard InChI is InChI=1S/C27H27ClFN3O2/c1-19-16-31(17-21-4-2-20(15-30)3-5-21)18-27(22-6-8-23(29)9-7-22)32(19)26-11-10-24(14-25(26)28)34-13-12-33/h2-11,14,19,27,33H,12-13,16-18H2,1H3/t19-,27+/m1/s1. The van der Waals surface area contributed by atoms with Gasteiger partial charge in [0, 0.05) is 31.7 Å². The van der Waals surface area contributed by atoms with Crippen molar-refractivity contribution in [3.8, 4) is 11.8 Å². The number of rotatable bonds is 7.